The van der Waals surface area contributed by atoms with Gasteiger partial charge in [-0.05, 0) is 34.1 Å². The zero-order valence-corrected chi connectivity index (χ0v) is 14.7. The van der Waals surface area contributed by atoms with E-state index < -0.39 is 15.0 Å². The molecule has 0 saturated carbocycles. The summed E-state index contributed by atoms with van der Waals surface area (Å²) in [5.74, 6) is -1.24. The molecule has 1 atom stereocenters. The van der Waals surface area contributed by atoms with Gasteiger partial charge >= 0.3 is 5.97 Å². The Morgan fingerprint density at radius 2 is 2.18 bits per heavy atom. The summed E-state index contributed by atoms with van der Waals surface area (Å²) in [6.07, 6.45) is 0.127. The van der Waals surface area contributed by atoms with Crippen molar-refractivity contribution in [3.8, 4) is 0 Å². The fraction of sp³-hybridized carbons (Fsp3) is 0.385. The van der Waals surface area contributed by atoms with Crippen LogP contribution in [0.3, 0.4) is 0 Å². The molecule has 1 aromatic carbocycles. The maximum Gasteiger partial charge on any atom is 0.339 e. The van der Waals surface area contributed by atoms with E-state index >= 15 is 0 Å². The maximum absolute atomic E-state index is 12.0. The van der Waals surface area contributed by atoms with Crippen molar-refractivity contribution in [3.05, 3.63) is 28.2 Å². The lowest BCUT2D eigenvalue weighted by Gasteiger charge is -2.17. The van der Waals surface area contributed by atoms with Gasteiger partial charge in [0.1, 0.15) is 0 Å². The van der Waals surface area contributed by atoms with Crippen LogP contribution in [0.5, 0.6) is 0 Å². The third-order valence-corrected chi connectivity index (χ3v) is 5.21. The van der Waals surface area contributed by atoms with Crippen molar-refractivity contribution in [2.24, 2.45) is 5.92 Å². The van der Waals surface area contributed by atoms with E-state index in [-0.39, 0.29) is 30.5 Å². The van der Waals surface area contributed by atoms with Crippen LogP contribution >= 0.6 is 26.6 Å². The number of nitrogens with zero attached hydrogens (tertiary/aromatic N) is 1. The van der Waals surface area contributed by atoms with Gasteiger partial charge in [-0.25, -0.2) is 13.2 Å². The number of halogens is 2. The molecule has 120 valence electrons. The number of methoxy groups -OCH3 is 1. The summed E-state index contributed by atoms with van der Waals surface area (Å²) in [5.41, 5.74) is 0.928. The highest BCUT2D eigenvalue weighted by atomic mass is 79.9. The third kappa shape index (κ3) is 3.99. The average molecular weight is 411 g/mol. The average Bonchev–Trinajstić information content (AvgIpc) is 2.76. The molecular weight excluding hydrogens is 398 g/mol. The van der Waals surface area contributed by atoms with Crippen LogP contribution in [0.1, 0.15) is 16.8 Å². The van der Waals surface area contributed by atoms with E-state index in [0.717, 1.165) is 0 Å². The standard InChI is InChI=1S/C13H13BrClNO5S/c1-21-13(18)10-3-2-9(5-11(10)14)16-6-8(4-12(16)17)7-22(15,19)20/h2-3,5,8H,4,6-7H2,1H3. The number of esters is 1. The Labute approximate surface area is 140 Å². The number of hydrogen-bond acceptors (Lipinski definition) is 5. The number of rotatable bonds is 4. The molecular formula is C13H13BrClNO5S. The van der Waals surface area contributed by atoms with Crippen molar-refractivity contribution in [1.82, 2.24) is 0 Å². The van der Waals surface area contributed by atoms with Gasteiger partial charge in [-0.1, -0.05) is 0 Å². The summed E-state index contributed by atoms with van der Waals surface area (Å²) in [5, 5.41) is 0. The van der Waals surface area contributed by atoms with Crippen molar-refractivity contribution in [2.75, 3.05) is 24.3 Å². The molecule has 1 fully saturated rings. The smallest absolute Gasteiger partial charge is 0.339 e. The fourth-order valence-electron chi connectivity index (χ4n) is 2.37. The first kappa shape index (κ1) is 17.2. The van der Waals surface area contributed by atoms with Gasteiger partial charge in [0.2, 0.25) is 15.0 Å². The molecule has 1 saturated heterocycles. The van der Waals surface area contributed by atoms with Crippen LogP contribution in [0, 0.1) is 5.92 Å². The van der Waals surface area contributed by atoms with Crippen molar-refractivity contribution in [1.29, 1.82) is 0 Å². The predicted octanol–water partition coefficient (Wildman–Crippen LogP) is 2.16. The van der Waals surface area contributed by atoms with Crippen molar-refractivity contribution >= 4 is 53.2 Å². The molecule has 1 amide bonds. The molecule has 0 radical (unpaired) electrons. The molecule has 1 aliphatic rings. The van der Waals surface area contributed by atoms with Crippen LogP contribution in [0.2, 0.25) is 0 Å². The first-order valence-corrected chi connectivity index (χ1v) is 9.59. The molecule has 1 aromatic rings. The minimum absolute atomic E-state index is 0.127. The number of carbonyl (C=O) groups excluding carboxylic acids is 2. The third-order valence-electron chi connectivity index (χ3n) is 3.31. The Hall–Kier alpha value is -1.12. The van der Waals surface area contributed by atoms with Gasteiger partial charge in [0, 0.05) is 39.7 Å². The lowest BCUT2D eigenvalue weighted by molar-refractivity contribution is -0.117. The quantitative estimate of drug-likeness (QED) is 0.561. The lowest BCUT2D eigenvalue weighted by Crippen LogP contribution is -2.25. The fourth-order valence-corrected chi connectivity index (χ4v) is 4.22. The highest BCUT2D eigenvalue weighted by Gasteiger charge is 2.33. The van der Waals surface area contributed by atoms with Gasteiger partial charge in [0.25, 0.3) is 0 Å². The van der Waals surface area contributed by atoms with E-state index in [9.17, 15) is 18.0 Å². The van der Waals surface area contributed by atoms with E-state index in [2.05, 4.69) is 20.7 Å². The number of benzene rings is 1. The van der Waals surface area contributed by atoms with E-state index in [0.29, 0.717) is 15.7 Å². The molecule has 1 heterocycles. The van der Waals surface area contributed by atoms with E-state index in [1.807, 2.05) is 0 Å². The Bertz CT molecular complexity index is 721. The number of ether oxygens (including phenoxy) is 1. The molecule has 0 spiro atoms. The Balaban J connectivity index is 2.20. The molecule has 0 N–H and O–H groups in total. The summed E-state index contributed by atoms with van der Waals surface area (Å²) in [7, 11) is 2.87. The van der Waals surface area contributed by atoms with Gasteiger partial charge in [0.05, 0.1) is 18.4 Å². The molecule has 22 heavy (non-hydrogen) atoms. The molecule has 0 bridgehead atoms. The predicted molar refractivity (Wildman–Crippen MR) is 85.6 cm³/mol. The summed E-state index contributed by atoms with van der Waals surface area (Å²) in [6, 6.07) is 4.79. The van der Waals surface area contributed by atoms with Crippen LogP contribution in [-0.2, 0) is 18.6 Å². The van der Waals surface area contributed by atoms with Gasteiger partial charge < -0.3 is 9.64 Å². The van der Waals surface area contributed by atoms with Crippen molar-refractivity contribution in [3.63, 3.8) is 0 Å². The second kappa shape index (κ2) is 6.55. The van der Waals surface area contributed by atoms with Crippen LogP contribution in [-0.4, -0.2) is 39.7 Å². The SMILES string of the molecule is COC(=O)c1ccc(N2CC(CS(=O)(=O)Cl)CC2=O)cc1Br. The monoisotopic (exact) mass is 409 g/mol. The lowest BCUT2D eigenvalue weighted by atomic mass is 10.1. The second-order valence-corrected chi connectivity index (χ2v) is 8.61. The molecule has 9 heteroatoms. The molecule has 1 aliphatic heterocycles. The Kier molecular flexibility index (Phi) is 5.14. The van der Waals surface area contributed by atoms with Crippen molar-refractivity contribution < 1.29 is 22.7 Å². The summed E-state index contributed by atoms with van der Waals surface area (Å²) in [4.78, 5) is 25.0. The molecule has 1 unspecified atom stereocenters. The molecule has 2 rings (SSSR count). The molecule has 0 aliphatic carbocycles. The van der Waals surface area contributed by atoms with Gasteiger partial charge in [-0.3, -0.25) is 4.79 Å². The first-order valence-electron chi connectivity index (χ1n) is 6.32. The minimum atomic E-state index is -3.64. The number of carbonyl (C=O) groups is 2. The van der Waals surface area contributed by atoms with E-state index in [1.54, 1.807) is 18.2 Å². The van der Waals surface area contributed by atoms with Gasteiger partial charge in [-0.2, -0.15) is 0 Å². The molecule has 6 nitrogen and oxygen atoms in total. The minimum Gasteiger partial charge on any atom is -0.465 e. The number of amides is 1. The van der Waals surface area contributed by atoms with E-state index in [1.165, 1.54) is 12.0 Å². The normalized spacial score (nSPS) is 18.6. The largest absolute Gasteiger partial charge is 0.465 e. The van der Waals surface area contributed by atoms with Gasteiger partial charge in [-0.15, -0.1) is 0 Å². The summed E-state index contributed by atoms with van der Waals surface area (Å²) >= 11 is 3.26. The van der Waals surface area contributed by atoms with Crippen LogP contribution < -0.4 is 4.90 Å². The van der Waals surface area contributed by atoms with Gasteiger partial charge in [0.15, 0.2) is 0 Å². The molecule has 0 aromatic heterocycles. The first-order chi connectivity index (χ1) is 10.2. The van der Waals surface area contributed by atoms with Crippen molar-refractivity contribution in [2.45, 2.75) is 6.42 Å². The maximum atomic E-state index is 12.0. The van der Waals surface area contributed by atoms with Crippen LogP contribution in [0.15, 0.2) is 22.7 Å². The zero-order chi connectivity index (χ0) is 16.5. The number of hydrogen-bond donors (Lipinski definition) is 0. The number of anilines is 1. The van der Waals surface area contributed by atoms with E-state index in [4.69, 9.17) is 10.7 Å². The highest BCUT2D eigenvalue weighted by Crippen LogP contribution is 2.30. The zero-order valence-electron chi connectivity index (χ0n) is 11.6. The second-order valence-electron chi connectivity index (χ2n) is 4.94. The summed E-state index contributed by atoms with van der Waals surface area (Å²) in [6.45, 7) is 0.273. The Morgan fingerprint density at radius 1 is 1.50 bits per heavy atom. The topological polar surface area (TPSA) is 80.8 Å². The van der Waals surface area contributed by atoms with Crippen LogP contribution in [0.25, 0.3) is 0 Å². The summed E-state index contributed by atoms with van der Waals surface area (Å²) < 4.78 is 27.4. The highest BCUT2D eigenvalue weighted by molar-refractivity contribution is 9.10. The van der Waals surface area contributed by atoms with Crippen LogP contribution in [0.4, 0.5) is 5.69 Å². The Morgan fingerprint density at radius 3 is 2.73 bits per heavy atom.